The molecule has 0 atom stereocenters. The molecule has 18 heavy (non-hydrogen) atoms. The Hall–Kier alpha value is -1.20. The molecule has 1 aromatic carbocycles. The van der Waals surface area contributed by atoms with E-state index in [0.29, 0.717) is 5.92 Å². The van der Waals surface area contributed by atoms with Gasteiger partial charge in [-0.1, -0.05) is 35.8 Å². The number of nitrogens with one attached hydrogen (secondary N) is 1. The smallest absolute Gasteiger partial charge is 0.146 e. The van der Waals surface area contributed by atoms with E-state index in [1.54, 1.807) is 6.33 Å². The zero-order valence-electron chi connectivity index (χ0n) is 10.6. The standard InChI is InChI=1S/C13H17BrN4/c1-10(2)7-15-8-13-16-9-17-18(13)12-5-3-4-11(14)6-12/h3-6,9-10,15H,7-8H2,1-2H3. The average molecular weight is 309 g/mol. The third-order valence-electron chi connectivity index (χ3n) is 2.51. The van der Waals surface area contributed by atoms with Crippen LogP contribution in [0.3, 0.4) is 0 Å². The molecule has 1 heterocycles. The van der Waals surface area contributed by atoms with Crippen molar-refractivity contribution in [2.24, 2.45) is 5.92 Å². The van der Waals surface area contributed by atoms with Crippen LogP contribution < -0.4 is 5.32 Å². The van der Waals surface area contributed by atoms with Crippen LogP contribution in [0, 0.1) is 5.92 Å². The number of rotatable bonds is 5. The van der Waals surface area contributed by atoms with Gasteiger partial charge in [0.15, 0.2) is 0 Å². The molecule has 0 fully saturated rings. The molecule has 2 aromatic rings. The van der Waals surface area contributed by atoms with Crippen molar-refractivity contribution in [3.8, 4) is 5.69 Å². The minimum Gasteiger partial charge on any atom is -0.310 e. The van der Waals surface area contributed by atoms with Crippen LogP contribution in [0.5, 0.6) is 0 Å². The maximum atomic E-state index is 4.29. The summed E-state index contributed by atoms with van der Waals surface area (Å²) in [5.41, 5.74) is 1.02. The van der Waals surface area contributed by atoms with E-state index in [4.69, 9.17) is 0 Å². The maximum Gasteiger partial charge on any atom is 0.146 e. The van der Waals surface area contributed by atoms with Crippen molar-refractivity contribution in [2.75, 3.05) is 6.54 Å². The highest BCUT2D eigenvalue weighted by molar-refractivity contribution is 9.10. The van der Waals surface area contributed by atoms with E-state index in [9.17, 15) is 0 Å². The van der Waals surface area contributed by atoms with Crippen molar-refractivity contribution < 1.29 is 0 Å². The minimum atomic E-state index is 0.632. The molecule has 0 aliphatic heterocycles. The molecule has 0 aliphatic rings. The Morgan fingerprint density at radius 2 is 2.22 bits per heavy atom. The van der Waals surface area contributed by atoms with Crippen LogP contribution in [0.4, 0.5) is 0 Å². The summed E-state index contributed by atoms with van der Waals surface area (Å²) in [6.07, 6.45) is 1.59. The number of aromatic nitrogens is 3. The van der Waals surface area contributed by atoms with Crippen LogP contribution in [0.1, 0.15) is 19.7 Å². The monoisotopic (exact) mass is 308 g/mol. The second-order valence-electron chi connectivity index (χ2n) is 4.59. The number of benzene rings is 1. The normalized spacial score (nSPS) is 11.1. The molecule has 0 saturated carbocycles. The molecule has 4 nitrogen and oxygen atoms in total. The number of nitrogens with zero attached hydrogens (tertiary/aromatic N) is 3. The van der Waals surface area contributed by atoms with E-state index >= 15 is 0 Å². The summed E-state index contributed by atoms with van der Waals surface area (Å²) in [6.45, 7) is 6.08. The van der Waals surface area contributed by atoms with Gasteiger partial charge in [0.05, 0.1) is 12.2 Å². The molecule has 5 heteroatoms. The zero-order valence-corrected chi connectivity index (χ0v) is 12.2. The molecule has 2 rings (SSSR count). The van der Waals surface area contributed by atoms with Crippen molar-refractivity contribution in [1.29, 1.82) is 0 Å². The number of hydrogen-bond donors (Lipinski definition) is 1. The predicted octanol–water partition coefficient (Wildman–Crippen LogP) is 2.78. The molecule has 1 aromatic heterocycles. The molecule has 96 valence electrons. The molecule has 0 amide bonds. The molecule has 0 unspecified atom stereocenters. The Kier molecular flexibility index (Phi) is 4.49. The van der Waals surface area contributed by atoms with Gasteiger partial charge in [-0.3, -0.25) is 0 Å². The van der Waals surface area contributed by atoms with E-state index in [-0.39, 0.29) is 0 Å². The molecular weight excluding hydrogens is 292 g/mol. The molecule has 0 bridgehead atoms. The Morgan fingerprint density at radius 1 is 1.39 bits per heavy atom. The lowest BCUT2D eigenvalue weighted by molar-refractivity contribution is 0.538. The minimum absolute atomic E-state index is 0.632. The van der Waals surface area contributed by atoms with Crippen molar-refractivity contribution >= 4 is 15.9 Å². The van der Waals surface area contributed by atoms with Gasteiger partial charge in [0.25, 0.3) is 0 Å². The second-order valence-corrected chi connectivity index (χ2v) is 5.51. The van der Waals surface area contributed by atoms with Gasteiger partial charge < -0.3 is 5.32 Å². The maximum absolute atomic E-state index is 4.29. The van der Waals surface area contributed by atoms with Gasteiger partial charge in [-0.25, -0.2) is 9.67 Å². The number of hydrogen-bond acceptors (Lipinski definition) is 3. The van der Waals surface area contributed by atoms with Crippen molar-refractivity contribution in [2.45, 2.75) is 20.4 Å². The van der Waals surface area contributed by atoms with Crippen LogP contribution in [0.25, 0.3) is 5.69 Å². The molecule has 0 aliphatic carbocycles. The average Bonchev–Trinajstić information content (AvgIpc) is 2.77. The Labute approximate surface area is 116 Å². The molecule has 0 saturated heterocycles. The molecular formula is C13H17BrN4. The van der Waals surface area contributed by atoms with Gasteiger partial charge in [-0.2, -0.15) is 5.10 Å². The summed E-state index contributed by atoms with van der Waals surface area (Å²) in [7, 11) is 0. The zero-order chi connectivity index (χ0) is 13.0. The van der Waals surface area contributed by atoms with Crippen LogP contribution in [0.2, 0.25) is 0 Å². The first kappa shape index (κ1) is 13.2. The highest BCUT2D eigenvalue weighted by Crippen LogP contribution is 2.15. The van der Waals surface area contributed by atoms with Crippen LogP contribution in [-0.2, 0) is 6.54 Å². The fourth-order valence-corrected chi connectivity index (χ4v) is 2.07. The third-order valence-corrected chi connectivity index (χ3v) is 3.00. The van der Waals surface area contributed by atoms with Crippen LogP contribution in [-0.4, -0.2) is 21.3 Å². The summed E-state index contributed by atoms with van der Waals surface area (Å²) < 4.78 is 2.90. The van der Waals surface area contributed by atoms with Crippen LogP contribution >= 0.6 is 15.9 Å². The summed E-state index contributed by atoms with van der Waals surface area (Å²) in [4.78, 5) is 4.29. The summed E-state index contributed by atoms with van der Waals surface area (Å²) in [5, 5.41) is 7.65. The van der Waals surface area contributed by atoms with E-state index in [2.05, 4.69) is 45.2 Å². The van der Waals surface area contributed by atoms with Gasteiger partial charge in [0.2, 0.25) is 0 Å². The molecule has 0 radical (unpaired) electrons. The van der Waals surface area contributed by atoms with E-state index in [0.717, 1.165) is 29.1 Å². The summed E-state index contributed by atoms with van der Waals surface area (Å²) >= 11 is 3.47. The van der Waals surface area contributed by atoms with Crippen molar-refractivity contribution in [3.63, 3.8) is 0 Å². The first-order chi connectivity index (χ1) is 8.66. The Balaban J connectivity index is 2.12. The van der Waals surface area contributed by atoms with Crippen molar-refractivity contribution in [3.05, 3.63) is 40.9 Å². The fraction of sp³-hybridized carbons (Fsp3) is 0.385. The predicted molar refractivity (Wildman–Crippen MR) is 75.6 cm³/mol. The van der Waals surface area contributed by atoms with Crippen molar-refractivity contribution in [1.82, 2.24) is 20.1 Å². The summed E-state index contributed by atoms with van der Waals surface area (Å²) in [6, 6.07) is 8.04. The van der Waals surface area contributed by atoms with Gasteiger partial charge in [-0.15, -0.1) is 0 Å². The largest absolute Gasteiger partial charge is 0.310 e. The Bertz CT molecular complexity index is 507. The lowest BCUT2D eigenvalue weighted by Gasteiger charge is -2.09. The number of halogens is 1. The first-order valence-electron chi connectivity index (χ1n) is 6.02. The Morgan fingerprint density at radius 3 is 2.94 bits per heavy atom. The van der Waals surface area contributed by atoms with Gasteiger partial charge in [0.1, 0.15) is 12.2 Å². The molecule has 1 N–H and O–H groups in total. The molecule has 0 spiro atoms. The third kappa shape index (κ3) is 3.40. The SMILES string of the molecule is CC(C)CNCc1ncnn1-c1cccc(Br)c1. The lowest BCUT2D eigenvalue weighted by Crippen LogP contribution is -2.21. The van der Waals surface area contributed by atoms with E-state index in [1.165, 1.54) is 0 Å². The second kappa shape index (κ2) is 6.11. The highest BCUT2D eigenvalue weighted by atomic mass is 79.9. The van der Waals surface area contributed by atoms with Gasteiger partial charge in [-0.05, 0) is 30.7 Å². The lowest BCUT2D eigenvalue weighted by atomic mass is 10.2. The topological polar surface area (TPSA) is 42.7 Å². The first-order valence-corrected chi connectivity index (χ1v) is 6.81. The van der Waals surface area contributed by atoms with Crippen LogP contribution in [0.15, 0.2) is 35.1 Å². The summed E-state index contributed by atoms with van der Waals surface area (Å²) in [5.74, 6) is 1.56. The van der Waals surface area contributed by atoms with Gasteiger partial charge >= 0.3 is 0 Å². The van der Waals surface area contributed by atoms with Gasteiger partial charge in [0, 0.05) is 4.47 Å². The quantitative estimate of drug-likeness (QED) is 0.923. The van der Waals surface area contributed by atoms with E-state index in [1.807, 2.05) is 28.9 Å². The van der Waals surface area contributed by atoms with E-state index < -0.39 is 0 Å². The fourth-order valence-electron chi connectivity index (χ4n) is 1.68. The highest BCUT2D eigenvalue weighted by Gasteiger charge is 2.06.